The maximum absolute atomic E-state index is 13.7. The number of fused-ring (bicyclic) bond motifs is 2. The molecule has 4 aromatic rings. The Morgan fingerprint density at radius 2 is 1.81 bits per heavy atom. The molecule has 0 aliphatic rings. The molecule has 3 aromatic carbocycles. The monoisotopic (exact) mass is 347 g/mol. The third-order valence-electron chi connectivity index (χ3n) is 4.27. The number of carbonyl (C=O) groups is 1. The second-order valence-electron chi connectivity index (χ2n) is 6.03. The van der Waals surface area contributed by atoms with E-state index in [-0.39, 0.29) is 11.0 Å². The molecule has 0 bridgehead atoms. The van der Waals surface area contributed by atoms with Crippen molar-refractivity contribution in [1.82, 2.24) is 0 Å². The minimum atomic E-state index is -0.598. The summed E-state index contributed by atoms with van der Waals surface area (Å²) < 4.78 is 19.6. The van der Waals surface area contributed by atoms with Gasteiger partial charge >= 0.3 is 0 Å². The molecule has 4 rings (SSSR count). The van der Waals surface area contributed by atoms with Crippen molar-refractivity contribution in [1.29, 1.82) is 0 Å². The van der Waals surface area contributed by atoms with Crippen LogP contribution >= 0.6 is 0 Å². The van der Waals surface area contributed by atoms with Gasteiger partial charge in [0.1, 0.15) is 17.0 Å². The highest BCUT2D eigenvalue weighted by Crippen LogP contribution is 2.24. The summed E-state index contributed by atoms with van der Waals surface area (Å²) in [7, 11) is 0. The Morgan fingerprint density at radius 1 is 1.00 bits per heavy atom. The smallest absolute Gasteiger partial charge is 0.258 e. The molecule has 5 heteroatoms. The van der Waals surface area contributed by atoms with Crippen molar-refractivity contribution >= 4 is 33.5 Å². The highest BCUT2D eigenvalue weighted by Gasteiger charge is 2.13. The normalized spacial score (nSPS) is 11.0. The van der Waals surface area contributed by atoms with Gasteiger partial charge in [-0.15, -0.1) is 0 Å². The molecule has 0 radical (unpaired) electrons. The average molecular weight is 347 g/mol. The lowest BCUT2D eigenvalue weighted by Crippen LogP contribution is -2.13. The molecular formula is C21H14FNO3. The number of benzene rings is 3. The molecule has 1 amide bonds. The lowest BCUT2D eigenvalue weighted by molar-refractivity contribution is 0.102. The molecule has 0 atom stereocenters. The van der Waals surface area contributed by atoms with Crippen LogP contribution in [0.5, 0.6) is 0 Å². The lowest BCUT2D eigenvalue weighted by Gasteiger charge is -2.08. The van der Waals surface area contributed by atoms with Crippen LogP contribution < -0.4 is 10.7 Å². The summed E-state index contributed by atoms with van der Waals surface area (Å²) in [6.45, 7) is 1.86. The maximum Gasteiger partial charge on any atom is 0.258 e. The van der Waals surface area contributed by atoms with Crippen molar-refractivity contribution in [3.63, 3.8) is 0 Å². The van der Waals surface area contributed by atoms with Crippen LogP contribution in [0.25, 0.3) is 21.9 Å². The minimum Gasteiger partial charge on any atom is -0.455 e. The van der Waals surface area contributed by atoms with Crippen LogP contribution in [-0.2, 0) is 0 Å². The number of para-hydroxylation sites is 1. The summed E-state index contributed by atoms with van der Waals surface area (Å²) in [6, 6.07) is 15.9. The van der Waals surface area contributed by atoms with Crippen molar-refractivity contribution in [2.75, 3.05) is 5.32 Å². The summed E-state index contributed by atoms with van der Waals surface area (Å²) in [6.07, 6.45) is 0. The van der Waals surface area contributed by atoms with Gasteiger partial charge in [-0.2, -0.15) is 0 Å². The van der Waals surface area contributed by atoms with Crippen molar-refractivity contribution in [2.45, 2.75) is 6.92 Å². The lowest BCUT2D eigenvalue weighted by atomic mass is 10.1. The summed E-state index contributed by atoms with van der Waals surface area (Å²) in [5, 5.41) is 3.57. The SMILES string of the molecule is Cc1cccc2c(=O)c3ccc(NC(=O)c4ccccc4F)cc3oc12. The van der Waals surface area contributed by atoms with Crippen LogP contribution in [0, 0.1) is 12.7 Å². The van der Waals surface area contributed by atoms with Crippen molar-refractivity contribution in [3.05, 3.63) is 87.8 Å². The summed E-state index contributed by atoms with van der Waals surface area (Å²) in [4.78, 5) is 24.9. The number of rotatable bonds is 2. The number of hydrogen-bond acceptors (Lipinski definition) is 3. The molecular weight excluding hydrogens is 333 g/mol. The largest absolute Gasteiger partial charge is 0.455 e. The fourth-order valence-corrected chi connectivity index (χ4v) is 2.94. The summed E-state index contributed by atoms with van der Waals surface area (Å²) >= 11 is 0. The van der Waals surface area contributed by atoms with E-state index in [4.69, 9.17) is 4.42 Å². The molecule has 0 saturated heterocycles. The number of aryl methyl sites for hydroxylation is 1. The Hall–Kier alpha value is -3.47. The molecule has 0 unspecified atom stereocenters. The van der Waals surface area contributed by atoms with E-state index in [2.05, 4.69) is 5.32 Å². The molecule has 0 aliphatic carbocycles. The first-order valence-electron chi connectivity index (χ1n) is 8.06. The van der Waals surface area contributed by atoms with Crippen molar-refractivity contribution in [3.8, 4) is 0 Å². The van der Waals surface area contributed by atoms with Crippen LogP contribution in [0.3, 0.4) is 0 Å². The second kappa shape index (κ2) is 6.11. The number of halogens is 1. The molecule has 1 heterocycles. The van der Waals surface area contributed by atoms with E-state index in [1.807, 2.05) is 19.1 Å². The number of carbonyl (C=O) groups excluding carboxylic acids is 1. The quantitative estimate of drug-likeness (QED) is 0.537. The molecule has 0 spiro atoms. The average Bonchev–Trinajstić information content (AvgIpc) is 2.63. The van der Waals surface area contributed by atoms with Gasteiger partial charge < -0.3 is 9.73 Å². The van der Waals surface area contributed by atoms with Crippen LogP contribution in [0.2, 0.25) is 0 Å². The van der Waals surface area contributed by atoms with Crippen LogP contribution in [0.4, 0.5) is 10.1 Å². The van der Waals surface area contributed by atoms with Gasteiger partial charge in [-0.1, -0.05) is 24.3 Å². The predicted octanol–water partition coefficient (Wildman–Crippen LogP) is 4.65. The second-order valence-corrected chi connectivity index (χ2v) is 6.03. The number of hydrogen-bond donors (Lipinski definition) is 1. The first kappa shape index (κ1) is 16.0. The van der Waals surface area contributed by atoms with Crippen LogP contribution in [0.15, 0.2) is 69.9 Å². The molecule has 0 fully saturated rings. The number of anilines is 1. The van der Waals surface area contributed by atoms with Gasteiger partial charge in [-0.25, -0.2) is 4.39 Å². The standard InChI is InChI=1S/C21H14FNO3/c1-12-5-4-7-16-19(24)15-10-9-13(11-18(15)26-20(12)16)23-21(25)14-6-2-3-8-17(14)22/h2-11H,1H3,(H,23,25). The van der Waals surface area contributed by atoms with Gasteiger partial charge in [0.2, 0.25) is 5.43 Å². The molecule has 0 aliphatic heterocycles. The topological polar surface area (TPSA) is 59.3 Å². The Balaban J connectivity index is 1.79. The van der Waals surface area contributed by atoms with Crippen molar-refractivity contribution in [2.24, 2.45) is 0 Å². The van der Waals surface area contributed by atoms with E-state index in [0.717, 1.165) is 5.56 Å². The molecule has 4 nitrogen and oxygen atoms in total. The van der Waals surface area contributed by atoms with Crippen LogP contribution in [-0.4, -0.2) is 5.91 Å². The molecule has 26 heavy (non-hydrogen) atoms. The minimum absolute atomic E-state index is 0.0524. The van der Waals surface area contributed by atoms with Crippen molar-refractivity contribution < 1.29 is 13.6 Å². The van der Waals surface area contributed by atoms with Gasteiger partial charge in [-0.05, 0) is 42.8 Å². The highest BCUT2D eigenvalue weighted by atomic mass is 19.1. The van der Waals surface area contributed by atoms with Gasteiger partial charge in [-0.3, -0.25) is 9.59 Å². The van der Waals surface area contributed by atoms with E-state index in [0.29, 0.717) is 27.6 Å². The van der Waals surface area contributed by atoms with E-state index in [1.165, 1.54) is 18.2 Å². The fourth-order valence-electron chi connectivity index (χ4n) is 2.94. The van der Waals surface area contributed by atoms with Gasteiger partial charge in [0, 0.05) is 11.8 Å². The summed E-state index contributed by atoms with van der Waals surface area (Å²) in [5.41, 5.74) is 1.97. The van der Waals surface area contributed by atoms with E-state index < -0.39 is 11.7 Å². The molecule has 1 aromatic heterocycles. The number of amides is 1. The van der Waals surface area contributed by atoms with E-state index in [1.54, 1.807) is 30.3 Å². The Kier molecular flexibility index (Phi) is 3.77. The molecule has 0 saturated carbocycles. The summed E-state index contributed by atoms with van der Waals surface area (Å²) in [5.74, 6) is -1.17. The van der Waals surface area contributed by atoms with Crippen LogP contribution in [0.1, 0.15) is 15.9 Å². The maximum atomic E-state index is 13.7. The Morgan fingerprint density at radius 3 is 2.62 bits per heavy atom. The third-order valence-corrected chi connectivity index (χ3v) is 4.27. The molecule has 128 valence electrons. The molecule has 1 N–H and O–H groups in total. The Labute approximate surface area is 147 Å². The first-order valence-corrected chi connectivity index (χ1v) is 8.06. The van der Waals surface area contributed by atoms with E-state index in [9.17, 15) is 14.0 Å². The zero-order valence-corrected chi connectivity index (χ0v) is 13.9. The van der Waals surface area contributed by atoms with Gasteiger partial charge in [0.05, 0.1) is 16.3 Å². The first-order chi connectivity index (χ1) is 12.5. The zero-order valence-electron chi connectivity index (χ0n) is 13.9. The fraction of sp³-hybridized carbons (Fsp3) is 0.0476. The Bertz CT molecular complexity index is 1230. The zero-order chi connectivity index (χ0) is 18.3. The third kappa shape index (κ3) is 2.63. The highest BCUT2D eigenvalue weighted by molar-refractivity contribution is 6.05. The number of nitrogens with one attached hydrogen (secondary N) is 1. The van der Waals surface area contributed by atoms with Gasteiger partial charge in [0.25, 0.3) is 5.91 Å². The van der Waals surface area contributed by atoms with Gasteiger partial charge in [0.15, 0.2) is 0 Å². The van der Waals surface area contributed by atoms with E-state index >= 15 is 0 Å². The predicted molar refractivity (Wildman–Crippen MR) is 99.1 cm³/mol.